The van der Waals surface area contributed by atoms with Gasteiger partial charge in [-0.1, -0.05) is 36.4 Å². The van der Waals surface area contributed by atoms with Crippen molar-refractivity contribution in [2.75, 3.05) is 7.11 Å². The molecule has 0 atom stereocenters. The highest BCUT2D eigenvalue weighted by molar-refractivity contribution is 6.17. The molecule has 4 nitrogen and oxygen atoms in total. The van der Waals surface area contributed by atoms with Crippen molar-refractivity contribution in [3.63, 3.8) is 0 Å². The topological polar surface area (TPSA) is 57.2 Å². The summed E-state index contributed by atoms with van der Waals surface area (Å²) >= 11 is 0. The van der Waals surface area contributed by atoms with Gasteiger partial charge < -0.3 is 15.0 Å². The molecule has 0 radical (unpaired) electrons. The van der Waals surface area contributed by atoms with E-state index in [1.54, 1.807) is 13.2 Å². The summed E-state index contributed by atoms with van der Waals surface area (Å²) in [6.07, 6.45) is 0. The molecule has 0 unspecified atom stereocenters. The first-order chi connectivity index (χ1) is 12.6. The second kappa shape index (κ2) is 6.23. The molecule has 4 aromatic rings. The molecule has 0 saturated carbocycles. The van der Waals surface area contributed by atoms with Crippen molar-refractivity contribution < 1.29 is 9.53 Å². The summed E-state index contributed by atoms with van der Waals surface area (Å²) in [5.74, 6) is 0.439. The number of ether oxygens (including phenoxy) is 1. The standard InChI is InChI=1S/C22H20N2O2/c1-14-10-11-16-19(12-14)24(13-15-6-3-4-9-20(15)26-2)18-8-5-7-17(21(16)18)22(23)25/h3-12H,13H2,1-2H3,(H2,23,25). The maximum Gasteiger partial charge on any atom is 0.249 e. The van der Waals surface area contributed by atoms with Crippen LogP contribution in [0.1, 0.15) is 21.5 Å². The molecule has 2 N–H and O–H groups in total. The van der Waals surface area contributed by atoms with Gasteiger partial charge in [0.1, 0.15) is 5.75 Å². The Morgan fingerprint density at radius 1 is 1.04 bits per heavy atom. The lowest BCUT2D eigenvalue weighted by Crippen LogP contribution is -2.11. The van der Waals surface area contributed by atoms with Crippen LogP contribution in [0.4, 0.5) is 0 Å². The number of amides is 1. The van der Waals surface area contributed by atoms with Crippen LogP contribution in [0.15, 0.2) is 60.7 Å². The zero-order valence-corrected chi connectivity index (χ0v) is 14.8. The molecule has 1 amide bonds. The molecule has 130 valence electrons. The Labute approximate surface area is 151 Å². The summed E-state index contributed by atoms with van der Waals surface area (Å²) in [4.78, 5) is 12.0. The van der Waals surface area contributed by atoms with Crippen molar-refractivity contribution in [3.8, 4) is 5.75 Å². The van der Waals surface area contributed by atoms with Crippen LogP contribution in [0.2, 0.25) is 0 Å². The van der Waals surface area contributed by atoms with Crippen molar-refractivity contribution in [3.05, 3.63) is 77.4 Å². The number of nitrogens with two attached hydrogens (primary N) is 1. The zero-order valence-electron chi connectivity index (χ0n) is 14.8. The number of carbonyl (C=O) groups is 1. The molecule has 0 aliphatic heterocycles. The molecule has 0 bridgehead atoms. The number of aromatic nitrogens is 1. The van der Waals surface area contributed by atoms with E-state index >= 15 is 0 Å². The van der Waals surface area contributed by atoms with Gasteiger partial charge in [-0.2, -0.15) is 0 Å². The number of para-hydroxylation sites is 1. The van der Waals surface area contributed by atoms with Gasteiger partial charge in [0, 0.05) is 27.4 Å². The summed E-state index contributed by atoms with van der Waals surface area (Å²) in [6, 6.07) is 20.0. The van der Waals surface area contributed by atoms with E-state index in [1.165, 1.54) is 5.56 Å². The average molecular weight is 344 g/mol. The Morgan fingerprint density at radius 2 is 1.85 bits per heavy atom. The largest absolute Gasteiger partial charge is 0.496 e. The summed E-state index contributed by atoms with van der Waals surface area (Å²) < 4.78 is 7.74. The summed E-state index contributed by atoms with van der Waals surface area (Å²) in [7, 11) is 1.68. The molecule has 4 rings (SSSR count). The van der Waals surface area contributed by atoms with Crippen molar-refractivity contribution in [1.29, 1.82) is 0 Å². The summed E-state index contributed by atoms with van der Waals surface area (Å²) in [6.45, 7) is 2.72. The maximum atomic E-state index is 12.0. The number of rotatable bonds is 4. The third kappa shape index (κ3) is 2.51. The predicted octanol–water partition coefficient (Wildman–Crippen LogP) is 4.26. The van der Waals surface area contributed by atoms with Crippen molar-refractivity contribution in [2.45, 2.75) is 13.5 Å². The second-order valence-electron chi connectivity index (χ2n) is 6.48. The van der Waals surface area contributed by atoms with E-state index in [0.29, 0.717) is 12.1 Å². The maximum absolute atomic E-state index is 12.0. The van der Waals surface area contributed by atoms with E-state index in [2.05, 4.69) is 35.8 Å². The number of primary amides is 1. The fourth-order valence-electron chi connectivity index (χ4n) is 3.63. The zero-order chi connectivity index (χ0) is 18.3. The minimum absolute atomic E-state index is 0.410. The molecular weight excluding hydrogens is 324 g/mol. The number of methoxy groups -OCH3 is 1. The number of carbonyl (C=O) groups excluding carboxylic acids is 1. The fourth-order valence-corrected chi connectivity index (χ4v) is 3.63. The highest BCUT2D eigenvalue weighted by atomic mass is 16.5. The Balaban J connectivity index is 2.05. The first-order valence-electron chi connectivity index (χ1n) is 8.53. The van der Waals surface area contributed by atoms with Gasteiger partial charge >= 0.3 is 0 Å². The minimum atomic E-state index is -0.410. The lowest BCUT2D eigenvalue weighted by molar-refractivity contribution is 0.100. The molecule has 3 aromatic carbocycles. The Hall–Kier alpha value is -3.27. The van der Waals surface area contributed by atoms with E-state index < -0.39 is 5.91 Å². The Morgan fingerprint density at radius 3 is 2.62 bits per heavy atom. The number of hydrogen-bond donors (Lipinski definition) is 1. The first-order valence-corrected chi connectivity index (χ1v) is 8.53. The molecule has 0 saturated heterocycles. The average Bonchev–Trinajstić information content (AvgIpc) is 2.95. The summed E-state index contributed by atoms with van der Waals surface area (Å²) in [5.41, 5.74) is 10.5. The van der Waals surface area contributed by atoms with Gasteiger partial charge in [-0.05, 0) is 36.8 Å². The molecular formula is C22H20N2O2. The van der Waals surface area contributed by atoms with E-state index in [4.69, 9.17) is 10.5 Å². The van der Waals surface area contributed by atoms with Crippen LogP contribution in [0, 0.1) is 6.92 Å². The van der Waals surface area contributed by atoms with Crippen LogP contribution in [-0.2, 0) is 6.54 Å². The van der Waals surface area contributed by atoms with Gasteiger partial charge in [0.2, 0.25) is 5.91 Å². The number of benzene rings is 3. The third-order valence-electron chi connectivity index (χ3n) is 4.83. The Bertz CT molecular complexity index is 1140. The van der Waals surface area contributed by atoms with Gasteiger partial charge in [0.15, 0.2) is 0 Å². The number of aryl methyl sites for hydroxylation is 1. The van der Waals surface area contributed by atoms with Gasteiger partial charge in [0.25, 0.3) is 0 Å². The number of hydrogen-bond acceptors (Lipinski definition) is 2. The van der Waals surface area contributed by atoms with Crippen molar-refractivity contribution in [2.24, 2.45) is 5.73 Å². The van der Waals surface area contributed by atoms with Crippen LogP contribution in [-0.4, -0.2) is 17.6 Å². The van der Waals surface area contributed by atoms with Crippen molar-refractivity contribution in [1.82, 2.24) is 4.57 Å². The number of nitrogens with zero attached hydrogens (tertiary/aromatic N) is 1. The van der Waals surface area contributed by atoms with Crippen LogP contribution in [0.25, 0.3) is 21.8 Å². The van der Waals surface area contributed by atoms with E-state index in [-0.39, 0.29) is 0 Å². The van der Waals surface area contributed by atoms with Crippen LogP contribution in [0.5, 0.6) is 5.75 Å². The molecule has 1 aromatic heterocycles. The predicted molar refractivity (Wildman–Crippen MR) is 105 cm³/mol. The molecule has 1 heterocycles. The van der Waals surface area contributed by atoms with Crippen LogP contribution < -0.4 is 10.5 Å². The van der Waals surface area contributed by atoms with Gasteiger partial charge in [0.05, 0.1) is 19.2 Å². The minimum Gasteiger partial charge on any atom is -0.496 e. The van der Waals surface area contributed by atoms with Gasteiger partial charge in [-0.3, -0.25) is 4.79 Å². The molecule has 0 aliphatic carbocycles. The molecule has 0 spiro atoms. The van der Waals surface area contributed by atoms with E-state index in [1.807, 2.05) is 30.3 Å². The first kappa shape index (κ1) is 16.2. The molecule has 4 heteroatoms. The lowest BCUT2D eigenvalue weighted by atomic mass is 10.1. The highest BCUT2D eigenvalue weighted by Gasteiger charge is 2.17. The smallest absolute Gasteiger partial charge is 0.249 e. The molecule has 26 heavy (non-hydrogen) atoms. The van der Waals surface area contributed by atoms with Gasteiger partial charge in [-0.15, -0.1) is 0 Å². The Kier molecular flexibility index (Phi) is 3.88. The third-order valence-corrected chi connectivity index (χ3v) is 4.83. The SMILES string of the molecule is COc1ccccc1Cn1c2cc(C)ccc2c2c(C(N)=O)cccc21. The molecule has 0 fully saturated rings. The van der Waals surface area contributed by atoms with Crippen LogP contribution >= 0.6 is 0 Å². The van der Waals surface area contributed by atoms with E-state index in [0.717, 1.165) is 33.1 Å². The molecule has 0 aliphatic rings. The quantitative estimate of drug-likeness (QED) is 0.601. The van der Waals surface area contributed by atoms with Crippen LogP contribution in [0.3, 0.4) is 0 Å². The monoisotopic (exact) mass is 344 g/mol. The normalized spacial score (nSPS) is 11.2. The summed E-state index contributed by atoms with van der Waals surface area (Å²) in [5, 5.41) is 1.94. The lowest BCUT2D eigenvalue weighted by Gasteiger charge is -2.12. The van der Waals surface area contributed by atoms with Gasteiger partial charge in [-0.25, -0.2) is 0 Å². The highest BCUT2D eigenvalue weighted by Crippen LogP contribution is 2.33. The van der Waals surface area contributed by atoms with E-state index in [9.17, 15) is 4.79 Å². The number of fused-ring (bicyclic) bond motifs is 3. The van der Waals surface area contributed by atoms with Crippen molar-refractivity contribution >= 4 is 27.7 Å². The second-order valence-corrected chi connectivity index (χ2v) is 6.48. The fraction of sp³-hybridized carbons (Fsp3) is 0.136.